The standard InChI is InChI=1S/C23H22ClFN2O3S/c24-20-8-12-22(13-9-20)31(29,30)27(16-19-6-10-21(25)11-7-19)17-23(28)26-15-14-18-4-2-1-3-5-18/h1-13H,14-17H2,(H,26,28). The fraction of sp³-hybridized carbons (Fsp3) is 0.174. The molecule has 1 amide bonds. The molecule has 3 rings (SSSR count). The molecular formula is C23H22ClFN2O3S. The second-order valence-corrected chi connectivity index (χ2v) is 9.31. The molecule has 3 aromatic carbocycles. The first-order chi connectivity index (χ1) is 14.8. The summed E-state index contributed by atoms with van der Waals surface area (Å²) in [5.41, 5.74) is 1.63. The van der Waals surface area contributed by atoms with E-state index in [4.69, 9.17) is 11.6 Å². The van der Waals surface area contributed by atoms with Gasteiger partial charge in [0.25, 0.3) is 0 Å². The van der Waals surface area contributed by atoms with Crippen LogP contribution in [-0.2, 0) is 27.8 Å². The van der Waals surface area contributed by atoms with Crippen LogP contribution in [0.15, 0.2) is 83.8 Å². The van der Waals surface area contributed by atoms with Gasteiger partial charge in [0.15, 0.2) is 0 Å². The summed E-state index contributed by atoms with van der Waals surface area (Å²) >= 11 is 5.87. The molecule has 5 nitrogen and oxygen atoms in total. The highest BCUT2D eigenvalue weighted by molar-refractivity contribution is 7.89. The van der Waals surface area contributed by atoms with Crippen molar-refractivity contribution in [2.75, 3.05) is 13.1 Å². The van der Waals surface area contributed by atoms with E-state index in [0.29, 0.717) is 23.6 Å². The Kier molecular flexibility index (Phi) is 7.79. The van der Waals surface area contributed by atoms with Gasteiger partial charge >= 0.3 is 0 Å². The number of hydrogen-bond acceptors (Lipinski definition) is 3. The van der Waals surface area contributed by atoms with Gasteiger partial charge in [-0.2, -0.15) is 4.31 Å². The number of nitrogens with zero attached hydrogens (tertiary/aromatic N) is 1. The van der Waals surface area contributed by atoms with Crippen molar-refractivity contribution in [3.05, 3.63) is 101 Å². The fourth-order valence-electron chi connectivity index (χ4n) is 2.98. The summed E-state index contributed by atoms with van der Waals surface area (Å²) < 4.78 is 40.7. The van der Waals surface area contributed by atoms with Crippen molar-refractivity contribution >= 4 is 27.5 Å². The molecule has 0 unspecified atom stereocenters. The number of carbonyl (C=O) groups is 1. The maximum absolute atomic E-state index is 13.2. The topological polar surface area (TPSA) is 66.5 Å². The summed E-state index contributed by atoms with van der Waals surface area (Å²) in [7, 11) is -3.98. The number of hydrogen-bond donors (Lipinski definition) is 1. The van der Waals surface area contributed by atoms with E-state index < -0.39 is 21.7 Å². The van der Waals surface area contributed by atoms with Crippen molar-refractivity contribution in [2.24, 2.45) is 0 Å². The Labute approximate surface area is 186 Å². The van der Waals surface area contributed by atoms with E-state index >= 15 is 0 Å². The third-order valence-corrected chi connectivity index (χ3v) is 6.68. The molecule has 1 N–H and O–H groups in total. The number of halogens is 2. The Morgan fingerprint density at radius 3 is 2.19 bits per heavy atom. The maximum atomic E-state index is 13.2. The molecule has 0 fully saturated rings. The van der Waals surface area contributed by atoms with Crippen molar-refractivity contribution in [2.45, 2.75) is 17.9 Å². The Morgan fingerprint density at radius 2 is 1.55 bits per heavy atom. The van der Waals surface area contributed by atoms with Gasteiger partial charge in [0.2, 0.25) is 15.9 Å². The van der Waals surface area contributed by atoms with E-state index in [2.05, 4.69) is 5.32 Å². The van der Waals surface area contributed by atoms with Gasteiger partial charge in [0.1, 0.15) is 5.82 Å². The molecule has 3 aromatic rings. The molecule has 0 saturated carbocycles. The van der Waals surface area contributed by atoms with Crippen molar-refractivity contribution < 1.29 is 17.6 Å². The number of sulfonamides is 1. The maximum Gasteiger partial charge on any atom is 0.243 e. The highest BCUT2D eigenvalue weighted by atomic mass is 35.5. The highest BCUT2D eigenvalue weighted by Crippen LogP contribution is 2.20. The summed E-state index contributed by atoms with van der Waals surface area (Å²) in [6, 6.07) is 20.9. The van der Waals surface area contributed by atoms with Gasteiger partial charge in [0, 0.05) is 18.1 Å². The van der Waals surface area contributed by atoms with Crippen LogP contribution in [0.1, 0.15) is 11.1 Å². The Balaban J connectivity index is 1.73. The number of nitrogens with one attached hydrogen (secondary N) is 1. The van der Waals surface area contributed by atoms with Crippen molar-refractivity contribution in [3.63, 3.8) is 0 Å². The van der Waals surface area contributed by atoms with Crippen LogP contribution >= 0.6 is 11.6 Å². The molecule has 0 aliphatic heterocycles. The molecule has 0 aliphatic carbocycles. The van der Waals surface area contributed by atoms with Gasteiger partial charge in [-0.3, -0.25) is 4.79 Å². The molecule has 162 valence electrons. The van der Waals surface area contributed by atoms with Crippen molar-refractivity contribution in [3.8, 4) is 0 Å². The van der Waals surface area contributed by atoms with Gasteiger partial charge in [-0.05, 0) is 53.9 Å². The quantitative estimate of drug-likeness (QED) is 0.524. The second-order valence-electron chi connectivity index (χ2n) is 6.94. The highest BCUT2D eigenvalue weighted by Gasteiger charge is 2.27. The van der Waals surface area contributed by atoms with Crippen molar-refractivity contribution in [1.29, 1.82) is 0 Å². The Morgan fingerprint density at radius 1 is 0.903 bits per heavy atom. The Bertz CT molecular complexity index is 1110. The summed E-state index contributed by atoms with van der Waals surface area (Å²) in [4.78, 5) is 12.5. The fourth-order valence-corrected chi connectivity index (χ4v) is 4.49. The lowest BCUT2D eigenvalue weighted by atomic mass is 10.1. The molecule has 0 saturated heterocycles. The van der Waals surface area contributed by atoms with Gasteiger partial charge < -0.3 is 5.32 Å². The summed E-state index contributed by atoms with van der Waals surface area (Å²) in [6.45, 7) is -0.0529. The second kappa shape index (κ2) is 10.5. The van der Waals surface area contributed by atoms with Crippen LogP contribution in [0.25, 0.3) is 0 Å². The van der Waals surface area contributed by atoms with E-state index in [1.807, 2.05) is 30.3 Å². The predicted octanol–water partition coefficient (Wildman–Crippen LogP) is 4.03. The summed E-state index contributed by atoms with van der Waals surface area (Å²) in [5.74, 6) is -0.843. The van der Waals surface area contributed by atoms with Crippen LogP contribution in [0, 0.1) is 5.82 Å². The first-order valence-electron chi connectivity index (χ1n) is 9.65. The third kappa shape index (κ3) is 6.62. The smallest absolute Gasteiger partial charge is 0.243 e. The van der Waals surface area contributed by atoms with Crippen LogP contribution in [0.2, 0.25) is 5.02 Å². The average molecular weight is 461 g/mol. The zero-order valence-electron chi connectivity index (χ0n) is 16.7. The number of carbonyl (C=O) groups excluding carboxylic acids is 1. The zero-order chi connectivity index (χ0) is 22.3. The summed E-state index contributed by atoms with van der Waals surface area (Å²) in [6.07, 6.45) is 0.633. The molecule has 0 aliphatic rings. The van der Waals surface area contributed by atoms with Crippen molar-refractivity contribution in [1.82, 2.24) is 9.62 Å². The molecule has 8 heteroatoms. The lowest BCUT2D eigenvalue weighted by Gasteiger charge is -2.22. The van der Waals surface area contributed by atoms with Crippen LogP contribution in [0.3, 0.4) is 0 Å². The molecule has 31 heavy (non-hydrogen) atoms. The van der Waals surface area contributed by atoms with Crippen LogP contribution in [-0.4, -0.2) is 31.7 Å². The number of benzene rings is 3. The monoisotopic (exact) mass is 460 g/mol. The molecule has 0 aromatic heterocycles. The van der Waals surface area contributed by atoms with E-state index in [9.17, 15) is 17.6 Å². The first-order valence-corrected chi connectivity index (χ1v) is 11.5. The van der Waals surface area contributed by atoms with E-state index in [1.165, 1.54) is 48.5 Å². The van der Waals surface area contributed by atoms with Gasteiger partial charge in [-0.15, -0.1) is 0 Å². The molecule has 0 radical (unpaired) electrons. The van der Waals surface area contributed by atoms with Gasteiger partial charge in [0.05, 0.1) is 11.4 Å². The predicted molar refractivity (Wildman–Crippen MR) is 119 cm³/mol. The lowest BCUT2D eigenvalue weighted by Crippen LogP contribution is -2.40. The minimum Gasteiger partial charge on any atom is -0.355 e. The summed E-state index contributed by atoms with van der Waals surface area (Å²) in [5, 5.41) is 3.17. The lowest BCUT2D eigenvalue weighted by molar-refractivity contribution is -0.121. The first kappa shape index (κ1) is 22.9. The minimum atomic E-state index is -3.98. The van der Waals surface area contributed by atoms with E-state index in [1.54, 1.807) is 0 Å². The van der Waals surface area contributed by atoms with E-state index in [-0.39, 0.29) is 18.0 Å². The molecule has 0 spiro atoms. The normalized spacial score (nSPS) is 11.5. The zero-order valence-corrected chi connectivity index (χ0v) is 18.2. The molecule has 0 heterocycles. The number of rotatable bonds is 9. The average Bonchev–Trinajstić information content (AvgIpc) is 2.76. The van der Waals surface area contributed by atoms with Gasteiger partial charge in [-0.25, -0.2) is 12.8 Å². The third-order valence-electron chi connectivity index (χ3n) is 4.62. The SMILES string of the molecule is O=C(CN(Cc1ccc(F)cc1)S(=O)(=O)c1ccc(Cl)cc1)NCCc1ccccc1. The van der Waals surface area contributed by atoms with Crippen LogP contribution in [0.5, 0.6) is 0 Å². The van der Waals surface area contributed by atoms with E-state index in [0.717, 1.165) is 9.87 Å². The molecule has 0 atom stereocenters. The van der Waals surface area contributed by atoms with Crippen LogP contribution in [0.4, 0.5) is 4.39 Å². The number of amides is 1. The molecular weight excluding hydrogens is 439 g/mol. The van der Waals surface area contributed by atoms with Gasteiger partial charge in [-0.1, -0.05) is 54.1 Å². The Hall–Kier alpha value is -2.74. The van der Waals surface area contributed by atoms with Crippen LogP contribution < -0.4 is 5.32 Å². The molecule has 0 bridgehead atoms. The largest absolute Gasteiger partial charge is 0.355 e. The minimum absolute atomic E-state index is 0.0242.